The second-order valence-corrected chi connectivity index (χ2v) is 9.31. The Morgan fingerprint density at radius 3 is 1.36 bits per heavy atom. The Bertz CT molecular complexity index is 331. The van der Waals surface area contributed by atoms with Crippen molar-refractivity contribution < 1.29 is 9.79 Å². The first-order chi connectivity index (χ1) is 9.97. The van der Waals surface area contributed by atoms with Crippen molar-refractivity contribution in [3.8, 4) is 6.07 Å². The SMILES string of the molecule is CC(C)N(C(C)C)N(N(C(C)C)C(C)C)[PH](O)(O)CCC#N. The predicted molar refractivity (Wildman–Crippen MR) is 93.9 cm³/mol. The first-order valence-electron chi connectivity index (χ1n) is 8.15. The van der Waals surface area contributed by atoms with Gasteiger partial charge in [-0.3, -0.25) is 0 Å². The number of nitriles is 1. The summed E-state index contributed by atoms with van der Waals surface area (Å²) < 4.78 is 0. The van der Waals surface area contributed by atoms with Crippen LogP contribution in [0.25, 0.3) is 0 Å². The summed E-state index contributed by atoms with van der Waals surface area (Å²) in [4.78, 5) is 23.3. The molecule has 0 saturated carbocycles. The van der Waals surface area contributed by atoms with E-state index < -0.39 is 7.87 Å². The Morgan fingerprint density at radius 1 is 0.818 bits per heavy atom. The molecular weight excluding hydrogens is 299 g/mol. The zero-order chi connectivity index (χ0) is 17.7. The molecule has 7 heteroatoms. The fourth-order valence-corrected chi connectivity index (χ4v) is 5.19. The van der Waals surface area contributed by atoms with Crippen LogP contribution < -0.4 is 0 Å². The van der Waals surface area contributed by atoms with Gasteiger partial charge in [0.05, 0.1) is 0 Å². The molecule has 0 bridgehead atoms. The summed E-state index contributed by atoms with van der Waals surface area (Å²) in [5.41, 5.74) is 0. The van der Waals surface area contributed by atoms with Crippen molar-refractivity contribution in [1.82, 2.24) is 14.9 Å². The Hall–Kier alpha value is -0.280. The molecule has 0 radical (unpaired) electrons. The van der Waals surface area contributed by atoms with E-state index in [1.807, 2.05) is 71.5 Å². The molecule has 0 heterocycles. The van der Waals surface area contributed by atoms with E-state index in [9.17, 15) is 9.79 Å². The van der Waals surface area contributed by atoms with E-state index in [1.165, 1.54) is 0 Å². The van der Waals surface area contributed by atoms with Crippen molar-refractivity contribution >= 4 is 7.87 Å². The maximum atomic E-state index is 10.8. The molecule has 0 unspecified atom stereocenters. The monoisotopic (exact) mass is 334 g/mol. The Kier molecular flexibility index (Phi) is 9.01. The van der Waals surface area contributed by atoms with Crippen molar-refractivity contribution in [1.29, 1.82) is 5.26 Å². The Balaban J connectivity index is 5.89. The van der Waals surface area contributed by atoms with Gasteiger partial charge in [0, 0.05) is 0 Å². The maximum absolute atomic E-state index is 10.8. The molecule has 0 fully saturated rings. The minimum atomic E-state index is -3.77. The van der Waals surface area contributed by atoms with Gasteiger partial charge in [0.15, 0.2) is 0 Å². The molecule has 0 amide bonds. The second-order valence-electron chi connectivity index (χ2n) is 6.86. The van der Waals surface area contributed by atoms with E-state index in [4.69, 9.17) is 5.26 Å². The van der Waals surface area contributed by atoms with Gasteiger partial charge in [-0.1, -0.05) is 0 Å². The average Bonchev–Trinajstić information content (AvgIpc) is 2.33. The summed E-state index contributed by atoms with van der Waals surface area (Å²) >= 11 is 0. The van der Waals surface area contributed by atoms with Gasteiger partial charge in [-0.25, -0.2) is 0 Å². The van der Waals surface area contributed by atoms with Crippen LogP contribution in [0.5, 0.6) is 0 Å². The molecule has 0 aliphatic rings. The summed E-state index contributed by atoms with van der Waals surface area (Å²) in [6.07, 6.45) is 0.249. The zero-order valence-corrected chi connectivity index (χ0v) is 16.4. The van der Waals surface area contributed by atoms with Crippen LogP contribution in [0.4, 0.5) is 0 Å². The molecule has 0 saturated heterocycles. The molecule has 0 atom stereocenters. The van der Waals surface area contributed by atoms with Gasteiger partial charge in [-0.15, -0.1) is 0 Å². The fourth-order valence-electron chi connectivity index (χ4n) is 2.88. The topological polar surface area (TPSA) is 74.0 Å². The number of rotatable bonds is 9. The molecule has 0 spiro atoms. The van der Waals surface area contributed by atoms with E-state index in [0.29, 0.717) is 0 Å². The quantitative estimate of drug-likeness (QED) is 0.499. The van der Waals surface area contributed by atoms with Crippen molar-refractivity contribution in [3.05, 3.63) is 0 Å². The van der Waals surface area contributed by atoms with E-state index >= 15 is 0 Å². The first kappa shape index (κ1) is 21.7. The third kappa shape index (κ3) is 5.73. The fraction of sp³-hybridized carbons (Fsp3) is 0.933. The summed E-state index contributed by atoms with van der Waals surface area (Å²) in [6.45, 7) is 16.3. The third-order valence-corrected chi connectivity index (χ3v) is 5.47. The molecular formula is C15H35N4O2P. The van der Waals surface area contributed by atoms with Crippen LogP contribution in [0.2, 0.25) is 0 Å². The van der Waals surface area contributed by atoms with Crippen molar-refractivity contribution in [2.75, 3.05) is 6.16 Å². The standard InChI is InChI=1S/C15H35N4O2P/c1-12(2)17(13(3)4)19(18(14(5)6)15(7)8)22(20,21)11-9-10-16/h12-15,20-22H,9,11H2,1-8H3. The van der Waals surface area contributed by atoms with Gasteiger partial charge >= 0.3 is 136 Å². The zero-order valence-electron chi connectivity index (χ0n) is 15.4. The average molecular weight is 334 g/mol. The summed E-state index contributed by atoms with van der Waals surface area (Å²) in [7, 11) is -3.77. The Labute approximate surface area is 136 Å². The molecule has 22 heavy (non-hydrogen) atoms. The van der Waals surface area contributed by atoms with Crippen LogP contribution in [0, 0.1) is 11.3 Å². The molecule has 0 aliphatic heterocycles. The first-order valence-corrected chi connectivity index (χ1v) is 10.2. The molecule has 132 valence electrons. The second kappa shape index (κ2) is 9.12. The molecule has 0 aromatic carbocycles. The number of hydrogen-bond acceptors (Lipinski definition) is 6. The van der Waals surface area contributed by atoms with Crippen LogP contribution in [0.15, 0.2) is 0 Å². The summed E-state index contributed by atoms with van der Waals surface area (Å²) in [5.74, 6) is 0. The molecule has 0 aliphatic carbocycles. The van der Waals surface area contributed by atoms with Gasteiger partial charge in [0.2, 0.25) is 0 Å². The molecule has 0 aromatic heterocycles. The summed E-state index contributed by atoms with van der Waals surface area (Å²) in [5, 5.41) is 12.9. The normalized spacial score (nSPS) is 14.2. The molecule has 0 aromatic rings. The Morgan fingerprint density at radius 2 is 1.14 bits per heavy atom. The van der Waals surface area contributed by atoms with Crippen LogP contribution >= 0.6 is 7.87 Å². The van der Waals surface area contributed by atoms with E-state index in [2.05, 4.69) is 0 Å². The molecule has 0 rings (SSSR count). The minimum absolute atomic E-state index is 0.107. The number of hydrazine groups is 2. The van der Waals surface area contributed by atoms with Crippen LogP contribution in [-0.4, -0.2) is 55.0 Å². The van der Waals surface area contributed by atoms with Crippen molar-refractivity contribution in [3.63, 3.8) is 0 Å². The van der Waals surface area contributed by atoms with Gasteiger partial charge in [0.25, 0.3) is 0 Å². The number of nitrogens with zero attached hydrogens (tertiary/aromatic N) is 4. The number of hydrogen-bond donors (Lipinski definition) is 2. The predicted octanol–water partition coefficient (Wildman–Crippen LogP) is 2.75. The van der Waals surface area contributed by atoms with Crippen molar-refractivity contribution in [2.24, 2.45) is 0 Å². The van der Waals surface area contributed by atoms with Gasteiger partial charge in [-0.05, 0) is 0 Å². The van der Waals surface area contributed by atoms with E-state index in [1.54, 1.807) is 4.89 Å². The third-order valence-electron chi connectivity index (χ3n) is 3.45. The molecule has 6 nitrogen and oxygen atoms in total. The molecule has 2 N–H and O–H groups in total. The van der Waals surface area contributed by atoms with Crippen molar-refractivity contribution in [2.45, 2.75) is 86.0 Å². The van der Waals surface area contributed by atoms with Crippen LogP contribution in [-0.2, 0) is 0 Å². The van der Waals surface area contributed by atoms with Gasteiger partial charge in [0.1, 0.15) is 0 Å². The summed E-state index contributed by atoms with van der Waals surface area (Å²) in [6, 6.07) is 2.50. The van der Waals surface area contributed by atoms with Crippen LogP contribution in [0.3, 0.4) is 0 Å². The van der Waals surface area contributed by atoms with Gasteiger partial charge < -0.3 is 0 Å². The van der Waals surface area contributed by atoms with E-state index in [0.717, 1.165) is 0 Å². The van der Waals surface area contributed by atoms with Gasteiger partial charge in [-0.2, -0.15) is 0 Å². The van der Waals surface area contributed by atoms with E-state index in [-0.39, 0.29) is 36.8 Å². The van der Waals surface area contributed by atoms with Crippen LogP contribution in [0.1, 0.15) is 61.8 Å².